The molecule has 1 aromatic heterocycles. The number of rotatable bonds is 6. The molecular formula is C13H13Cl2N3OS. The summed E-state index contributed by atoms with van der Waals surface area (Å²) < 4.78 is 5.37. The maximum atomic E-state index is 6.10. The van der Waals surface area contributed by atoms with Crippen molar-refractivity contribution in [1.82, 2.24) is 15.0 Å². The predicted molar refractivity (Wildman–Crippen MR) is 81.6 cm³/mol. The van der Waals surface area contributed by atoms with E-state index in [-0.39, 0.29) is 11.3 Å². The predicted octanol–water partition coefficient (Wildman–Crippen LogP) is 4.26. The minimum Gasteiger partial charge on any atom is -0.463 e. The third-order valence-corrected chi connectivity index (χ3v) is 3.75. The van der Waals surface area contributed by atoms with Gasteiger partial charge in [0.05, 0.1) is 6.61 Å². The second kappa shape index (κ2) is 7.67. The lowest BCUT2D eigenvalue weighted by atomic mass is 10.2. The van der Waals surface area contributed by atoms with E-state index in [1.165, 1.54) is 11.8 Å². The van der Waals surface area contributed by atoms with E-state index in [1.54, 1.807) is 0 Å². The Kier molecular flexibility index (Phi) is 5.88. The molecule has 0 N–H and O–H groups in total. The van der Waals surface area contributed by atoms with Crippen LogP contribution in [0.2, 0.25) is 10.3 Å². The summed E-state index contributed by atoms with van der Waals surface area (Å²) in [4.78, 5) is 12.2. The summed E-state index contributed by atoms with van der Waals surface area (Å²) in [6, 6.07) is 7.92. The molecule has 0 fully saturated rings. The van der Waals surface area contributed by atoms with Crippen molar-refractivity contribution in [3.63, 3.8) is 0 Å². The highest BCUT2D eigenvalue weighted by atomic mass is 35.5. The molecule has 0 bridgehead atoms. The molecule has 0 atom stereocenters. The van der Waals surface area contributed by atoms with Crippen molar-refractivity contribution in [2.45, 2.75) is 24.3 Å². The normalized spacial score (nSPS) is 10.6. The quantitative estimate of drug-likeness (QED) is 0.741. The molecule has 0 amide bonds. The van der Waals surface area contributed by atoms with E-state index >= 15 is 0 Å². The van der Waals surface area contributed by atoms with E-state index in [9.17, 15) is 0 Å². The van der Waals surface area contributed by atoms with Gasteiger partial charge in [0, 0.05) is 10.8 Å². The Bertz CT molecular complexity index is 583. The molecule has 20 heavy (non-hydrogen) atoms. The van der Waals surface area contributed by atoms with Gasteiger partial charge in [-0.1, -0.05) is 48.5 Å². The second-order valence-electron chi connectivity index (χ2n) is 3.90. The van der Waals surface area contributed by atoms with Crippen LogP contribution in [0.1, 0.15) is 18.9 Å². The van der Waals surface area contributed by atoms with Crippen LogP contribution in [0.15, 0.2) is 29.4 Å². The molecule has 1 heterocycles. The lowest BCUT2D eigenvalue weighted by Gasteiger charge is -2.06. The van der Waals surface area contributed by atoms with Crippen molar-refractivity contribution < 1.29 is 4.74 Å². The molecule has 0 aliphatic rings. The molecule has 2 rings (SSSR count). The van der Waals surface area contributed by atoms with Gasteiger partial charge in [0.1, 0.15) is 0 Å². The van der Waals surface area contributed by atoms with Crippen LogP contribution in [0.25, 0.3) is 0 Å². The SMILES string of the molecule is CCCOc1nc(Cl)nc(SCc2ccccc2Cl)n1. The smallest absolute Gasteiger partial charge is 0.321 e. The van der Waals surface area contributed by atoms with E-state index in [4.69, 9.17) is 27.9 Å². The molecule has 7 heteroatoms. The Morgan fingerprint density at radius 2 is 1.95 bits per heavy atom. The van der Waals surface area contributed by atoms with E-state index in [1.807, 2.05) is 31.2 Å². The van der Waals surface area contributed by atoms with Gasteiger partial charge in [-0.3, -0.25) is 0 Å². The van der Waals surface area contributed by atoms with Crippen LogP contribution in [0, 0.1) is 0 Å². The van der Waals surface area contributed by atoms with Gasteiger partial charge in [0.25, 0.3) is 0 Å². The Morgan fingerprint density at radius 3 is 2.70 bits per heavy atom. The number of halogens is 2. The minimum absolute atomic E-state index is 0.132. The van der Waals surface area contributed by atoms with E-state index in [2.05, 4.69) is 15.0 Å². The highest BCUT2D eigenvalue weighted by Crippen LogP contribution is 2.25. The minimum atomic E-state index is 0.132. The number of benzene rings is 1. The number of thioether (sulfide) groups is 1. The first-order valence-electron chi connectivity index (χ1n) is 6.09. The van der Waals surface area contributed by atoms with Crippen molar-refractivity contribution in [2.75, 3.05) is 6.61 Å². The zero-order valence-electron chi connectivity index (χ0n) is 10.8. The molecule has 0 aliphatic heterocycles. The summed E-state index contributed by atoms with van der Waals surface area (Å²) in [5.74, 6) is 0.660. The third kappa shape index (κ3) is 4.51. The molecular weight excluding hydrogens is 317 g/mol. The molecule has 0 unspecified atom stereocenters. The highest BCUT2D eigenvalue weighted by Gasteiger charge is 2.08. The van der Waals surface area contributed by atoms with Crippen molar-refractivity contribution in [2.24, 2.45) is 0 Å². The number of hydrogen-bond donors (Lipinski definition) is 0. The number of hydrogen-bond acceptors (Lipinski definition) is 5. The molecule has 0 radical (unpaired) electrons. The Labute approximate surface area is 131 Å². The van der Waals surface area contributed by atoms with E-state index in [0.29, 0.717) is 17.5 Å². The molecule has 0 aliphatic carbocycles. The third-order valence-electron chi connectivity index (χ3n) is 2.32. The van der Waals surface area contributed by atoms with Crippen LogP contribution in [0.3, 0.4) is 0 Å². The van der Waals surface area contributed by atoms with Gasteiger partial charge in [-0.25, -0.2) is 0 Å². The van der Waals surface area contributed by atoms with Gasteiger partial charge in [0.15, 0.2) is 5.16 Å². The van der Waals surface area contributed by atoms with E-state index < -0.39 is 0 Å². The maximum absolute atomic E-state index is 6.10. The molecule has 1 aromatic carbocycles. The average Bonchev–Trinajstić information content (AvgIpc) is 2.44. The van der Waals surface area contributed by atoms with Crippen molar-refractivity contribution in [3.8, 4) is 6.01 Å². The summed E-state index contributed by atoms with van der Waals surface area (Å²) in [5, 5.41) is 1.38. The van der Waals surface area contributed by atoms with Gasteiger partial charge in [0.2, 0.25) is 5.28 Å². The molecule has 0 saturated carbocycles. The van der Waals surface area contributed by atoms with Crippen molar-refractivity contribution in [3.05, 3.63) is 40.1 Å². The monoisotopic (exact) mass is 329 g/mol. The Hall–Kier alpha value is -1.04. The van der Waals surface area contributed by atoms with E-state index in [0.717, 1.165) is 17.0 Å². The van der Waals surface area contributed by atoms with Gasteiger partial charge in [-0.05, 0) is 29.7 Å². The molecule has 2 aromatic rings. The first-order chi connectivity index (χ1) is 9.69. The van der Waals surface area contributed by atoms with Gasteiger partial charge in [-0.2, -0.15) is 15.0 Å². The summed E-state index contributed by atoms with van der Waals surface area (Å²) >= 11 is 13.4. The van der Waals surface area contributed by atoms with Gasteiger partial charge < -0.3 is 4.74 Å². The summed E-state index contributed by atoms with van der Waals surface area (Å²) in [6.45, 7) is 2.56. The molecule has 106 valence electrons. The topological polar surface area (TPSA) is 47.9 Å². The number of aromatic nitrogens is 3. The molecule has 0 saturated heterocycles. The summed E-state index contributed by atoms with van der Waals surface area (Å²) in [5.41, 5.74) is 1.02. The van der Waals surface area contributed by atoms with Crippen LogP contribution >= 0.6 is 35.0 Å². The first kappa shape index (κ1) is 15.4. The standard InChI is InChI=1S/C13H13Cl2N3OS/c1-2-7-19-12-16-11(15)17-13(18-12)20-8-9-5-3-4-6-10(9)14/h3-6H,2,7-8H2,1H3. The molecule has 4 nitrogen and oxygen atoms in total. The summed E-state index contributed by atoms with van der Waals surface area (Å²) in [7, 11) is 0. The summed E-state index contributed by atoms with van der Waals surface area (Å²) in [6.07, 6.45) is 0.880. The second-order valence-corrected chi connectivity index (χ2v) is 5.59. The fourth-order valence-corrected chi connectivity index (χ4v) is 2.71. The van der Waals surface area contributed by atoms with Crippen molar-refractivity contribution in [1.29, 1.82) is 0 Å². The van der Waals surface area contributed by atoms with Crippen molar-refractivity contribution >= 4 is 35.0 Å². The van der Waals surface area contributed by atoms with Crippen LogP contribution < -0.4 is 4.74 Å². The van der Waals surface area contributed by atoms with Crippen LogP contribution in [-0.2, 0) is 5.75 Å². The lowest BCUT2D eigenvalue weighted by Crippen LogP contribution is -2.02. The average molecular weight is 330 g/mol. The number of nitrogens with zero attached hydrogens (tertiary/aromatic N) is 3. The first-order valence-corrected chi connectivity index (χ1v) is 7.83. The van der Waals surface area contributed by atoms with Crippen LogP contribution in [0.5, 0.6) is 6.01 Å². The maximum Gasteiger partial charge on any atom is 0.321 e. The Morgan fingerprint density at radius 1 is 1.15 bits per heavy atom. The molecule has 0 spiro atoms. The van der Waals surface area contributed by atoms with Crippen LogP contribution in [0.4, 0.5) is 0 Å². The largest absolute Gasteiger partial charge is 0.463 e. The fourth-order valence-electron chi connectivity index (χ4n) is 1.39. The van der Waals surface area contributed by atoms with Crippen LogP contribution in [-0.4, -0.2) is 21.6 Å². The zero-order chi connectivity index (χ0) is 14.4. The highest BCUT2D eigenvalue weighted by molar-refractivity contribution is 7.98. The zero-order valence-corrected chi connectivity index (χ0v) is 13.2. The number of ether oxygens (including phenoxy) is 1. The van der Waals surface area contributed by atoms with Gasteiger partial charge in [-0.15, -0.1) is 0 Å². The Balaban J connectivity index is 2.05. The lowest BCUT2D eigenvalue weighted by molar-refractivity contribution is 0.288. The van der Waals surface area contributed by atoms with Gasteiger partial charge >= 0.3 is 6.01 Å². The fraction of sp³-hybridized carbons (Fsp3) is 0.308.